The van der Waals surface area contributed by atoms with Crippen molar-refractivity contribution in [3.8, 4) is 0 Å². The molecule has 0 aliphatic heterocycles. The smallest absolute Gasteiger partial charge is 0.128 e. The zero-order chi connectivity index (χ0) is 13.7. The van der Waals surface area contributed by atoms with Crippen LogP contribution in [0.2, 0.25) is 0 Å². The maximum absolute atomic E-state index is 4.55. The summed E-state index contributed by atoms with van der Waals surface area (Å²) < 4.78 is 0. The largest absolute Gasteiger partial charge is 0.355 e. The van der Waals surface area contributed by atoms with Crippen LogP contribution in [0.1, 0.15) is 30.3 Å². The maximum atomic E-state index is 4.55. The Labute approximate surface area is 119 Å². The lowest BCUT2D eigenvalue weighted by Crippen LogP contribution is -2.19. The summed E-state index contributed by atoms with van der Waals surface area (Å²) in [6.07, 6.45) is 1.97. The molecule has 0 bridgehead atoms. The first kappa shape index (κ1) is 14.0. The first-order valence-corrected chi connectivity index (χ1v) is 7.51. The lowest BCUT2D eigenvalue weighted by Gasteiger charge is -2.18. The van der Waals surface area contributed by atoms with Crippen molar-refractivity contribution >= 4 is 17.2 Å². The van der Waals surface area contributed by atoms with Crippen molar-refractivity contribution in [1.29, 1.82) is 0 Å². The number of rotatable bonds is 6. The van der Waals surface area contributed by atoms with Crippen LogP contribution in [-0.2, 0) is 6.54 Å². The number of hydrogen-bond acceptors (Lipinski definition) is 4. The van der Waals surface area contributed by atoms with Crippen LogP contribution in [-0.4, -0.2) is 18.6 Å². The average Bonchev–Trinajstić information content (AvgIpc) is 2.92. The van der Waals surface area contributed by atoms with Crippen LogP contribution in [0.5, 0.6) is 0 Å². The molecule has 1 unspecified atom stereocenters. The van der Waals surface area contributed by atoms with Crippen LogP contribution in [0.4, 0.5) is 5.82 Å². The van der Waals surface area contributed by atoms with E-state index in [0.717, 1.165) is 18.9 Å². The second-order valence-electron chi connectivity index (χ2n) is 4.66. The number of nitrogens with zero attached hydrogens (tertiary/aromatic N) is 2. The van der Waals surface area contributed by atoms with Crippen molar-refractivity contribution in [3.63, 3.8) is 0 Å². The Bertz CT molecular complexity index is 479. The van der Waals surface area contributed by atoms with Crippen molar-refractivity contribution in [1.82, 2.24) is 10.3 Å². The molecular weight excluding hydrogens is 254 g/mol. The van der Waals surface area contributed by atoms with Gasteiger partial charge in [0.15, 0.2) is 0 Å². The van der Waals surface area contributed by atoms with Crippen LogP contribution in [0, 0.1) is 0 Å². The van der Waals surface area contributed by atoms with Crippen molar-refractivity contribution < 1.29 is 0 Å². The van der Waals surface area contributed by atoms with Gasteiger partial charge < -0.3 is 10.2 Å². The molecule has 102 valence electrons. The molecule has 0 spiro atoms. The van der Waals surface area contributed by atoms with E-state index in [0.29, 0.717) is 6.04 Å². The van der Waals surface area contributed by atoms with E-state index < -0.39 is 0 Å². The standard InChI is InChI=1S/C15H21N3S/c1-4-16-12(2)13-7-8-15(17-10-13)18(3)11-14-6-5-9-19-14/h5-10,12,16H,4,11H2,1-3H3. The molecular formula is C15H21N3S. The first-order chi connectivity index (χ1) is 9.20. The zero-order valence-corrected chi connectivity index (χ0v) is 12.6. The molecule has 4 heteroatoms. The highest BCUT2D eigenvalue weighted by Crippen LogP contribution is 2.18. The van der Waals surface area contributed by atoms with Crippen LogP contribution in [0.3, 0.4) is 0 Å². The normalized spacial score (nSPS) is 12.4. The van der Waals surface area contributed by atoms with Gasteiger partial charge in [-0.3, -0.25) is 0 Å². The van der Waals surface area contributed by atoms with Crippen molar-refractivity contribution in [2.45, 2.75) is 26.4 Å². The zero-order valence-electron chi connectivity index (χ0n) is 11.8. The van der Waals surface area contributed by atoms with Gasteiger partial charge in [0.25, 0.3) is 0 Å². The third-order valence-electron chi connectivity index (χ3n) is 3.15. The molecule has 3 nitrogen and oxygen atoms in total. The molecule has 19 heavy (non-hydrogen) atoms. The first-order valence-electron chi connectivity index (χ1n) is 6.63. The van der Waals surface area contributed by atoms with Crippen LogP contribution in [0.15, 0.2) is 35.8 Å². The van der Waals surface area contributed by atoms with Gasteiger partial charge >= 0.3 is 0 Å². The summed E-state index contributed by atoms with van der Waals surface area (Å²) in [4.78, 5) is 8.08. The molecule has 2 aromatic rings. The predicted octanol–water partition coefficient (Wildman–Crippen LogP) is 3.45. The van der Waals surface area contributed by atoms with Gasteiger partial charge in [0.05, 0.1) is 6.54 Å². The van der Waals surface area contributed by atoms with E-state index in [9.17, 15) is 0 Å². The fraction of sp³-hybridized carbons (Fsp3) is 0.400. The van der Waals surface area contributed by atoms with Gasteiger partial charge in [-0.2, -0.15) is 0 Å². The summed E-state index contributed by atoms with van der Waals surface area (Å²) >= 11 is 1.78. The third-order valence-corrected chi connectivity index (χ3v) is 4.01. The number of anilines is 1. The number of pyridine rings is 1. The Morgan fingerprint density at radius 1 is 1.37 bits per heavy atom. The minimum Gasteiger partial charge on any atom is -0.355 e. The number of nitrogens with one attached hydrogen (secondary N) is 1. The molecule has 0 aromatic carbocycles. The van der Waals surface area contributed by atoms with Gasteiger partial charge in [-0.25, -0.2) is 4.98 Å². The van der Waals surface area contributed by atoms with Crippen LogP contribution >= 0.6 is 11.3 Å². The topological polar surface area (TPSA) is 28.2 Å². The number of thiophene rings is 1. The highest BCUT2D eigenvalue weighted by Gasteiger charge is 2.07. The Morgan fingerprint density at radius 2 is 2.21 bits per heavy atom. The van der Waals surface area contributed by atoms with Gasteiger partial charge in [0, 0.05) is 24.2 Å². The van der Waals surface area contributed by atoms with Gasteiger partial charge in [0.1, 0.15) is 5.82 Å². The van der Waals surface area contributed by atoms with Crippen molar-refractivity contribution in [3.05, 3.63) is 46.3 Å². The summed E-state index contributed by atoms with van der Waals surface area (Å²) in [5.74, 6) is 1.01. The summed E-state index contributed by atoms with van der Waals surface area (Å²) in [6, 6.07) is 8.84. The summed E-state index contributed by atoms with van der Waals surface area (Å²) in [6.45, 7) is 6.16. The van der Waals surface area contributed by atoms with E-state index in [-0.39, 0.29) is 0 Å². The summed E-state index contributed by atoms with van der Waals surface area (Å²) in [5.41, 5.74) is 1.23. The fourth-order valence-electron chi connectivity index (χ4n) is 2.02. The minimum absolute atomic E-state index is 0.356. The molecule has 0 saturated carbocycles. The van der Waals surface area contributed by atoms with E-state index in [1.807, 2.05) is 6.20 Å². The second-order valence-corrected chi connectivity index (χ2v) is 5.70. The molecule has 2 aromatic heterocycles. The van der Waals surface area contributed by atoms with Crippen molar-refractivity contribution in [2.75, 3.05) is 18.5 Å². The average molecular weight is 275 g/mol. The summed E-state index contributed by atoms with van der Waals surface area (Å²) in [5, 5.41) is 5.50. The molecule has 1 atom stereocenters. The predicted molar refractivity (Wildman–Crippen MR) is 82.8 cm³/mol. The molecule has 0 fully saturated rings. The molecule has 0 aliphatic carbocycles. The SMILES string of the molecule is CCNC(C)c1ccc(N(C)Cc2cccs2)nc1. The molecule has 0 amide bonds. The minimum atomic E-state index is 0.356. The Morgan fingerprint density at radius 3 is 2.79 bits per heavy atom. The second kappa shape index (κ2) is 6.68. The van der Waals surface area contributed by atoms with Gasteiger partial charge in [0.2, 0.25) is 0 Å². The lowest BCUT2D eigenvalue weighted by atomic mass is 10.1. The van der Waals surface area contributed by atoms with E-state index in [4.69, 9.17) is 0 Å². The molecule has 2 rings (SSSR count). The van der Waals surface area contributed by atoms with E-state index in [1.54, 1.807) is 11.3 Å². The molecule has 0 saturated heterocycles. The van der Waals surface area contributed by atoms with Gasteiger partial charge in [-0.15, -0.1) is 11.3 Å². The van der Waals surface area contributed by atoms with Gasteiger partial charge in [-0.1, -0.05) is 19.1 Å². The number of hydrogen-bond donors (Lipinski definition) is 1. The maximum Gasteiger partial charge on any atom is 0.128 e. The Balaban J connectivity index is 2.01. The van der Waals surface area contributed by atoms with E-state index in [1.165, 1.54) is 10.4 Å². The highest BCUT2D eigenvalue weighted by atomic mass is 32.1. The van der Waals surface area contributed by atoms with E-state index >= 15 is 0 Å². The molecule has 1 N–H and O–H groups in total. The molecule has 0 radical (unpaired) electrons. The monoisotopic (exact) mass is 275 g/mol. The number of aromatic nitrogens is 1. The highest BCUT2D eigenvalue weighted by molar-refractivity contribution is 7.09. The molecule has 2 heterocycles. The van der Waals surface area contributed by atoms with Crippen LogP contribution < -0.4 is 10.2 Å². The van der Waals surface area contributed by atoms with Crippen LogP contribution in [0.25, 0.3) is 0 Å². The summed E-state index contributed by atoms with van der Waals surface area (Å²) in [7, 11) is 2.08. The fourth-order valence-corrected chi connectivity index (χ4v) is 2.78. The van der Waals surface area contributed by atoms with Gasteiger partial charge in [-0.05, 0) is 36.5 Å². The Kier molecular flexibility index (Phi) is 4.93. The van der Waals surface area contributed by atoms with Crippen molar-refractivity contribution in [2.24, 2.45) is 0 Å². The Hall–Kier alpha value is -1.39. The molecule has 0 aliphatic rings. The third kappa shape index (κ3) is 3.78. The van der Waals surface area contributed by atoms with E-state index in [2.05, 4.69) is 65.7 Å². The quantitative estimate of drug-likeness (QED) is 0.875. The lowest BCUT2D eigenvalue weighted by molar-refractivity contribution is 0.596.